The van der Waals surface area contributed by atoms with E-state index in [0.717, 1.165) is 17.0 Å². The predicted molar refractivity (Wildman–Crippen MR) is 93.9 cm³/mol. The Morgan fingerprint density at radius 3 is 2.15 bits per heavy atom. The Morgan fingerprint density at radius 2 is 1.56 bits per heavy atom. The number of benzene rings is 2. The van der Waals surface area contributed by atoms with E-state index in [9.17, 15) is 18.0 Å². The summed E-state index contributed by atoms with van der Waals surface area (Å²) in [6.07, 6.45) is -1.38. The van der Waals surface area contributed by atoms with Crippen LogP contribution in [0.5, 0.6) is 11.5 Å². The number of primary amides is 1. The van der Waals surface area contributed by atoms with Crippen LogP contribution in [0.1, 0.15) is 5.56 Å². The number of alkyl halides is 3. The molecule has 0 aliphatic heterocycles. The van der Waals surface area contributed by atoms with Gasteiger partial charge in [0.05, 0.1) is 16.9 Å². The first-order valence-corrected chi connectivity index (χ1v) is 7.79. The van der Waals surface area contributed by atoms with Crippen molar-refractivity contribution in [3.8, 4) is 11.5 Å². The molecule has 138 valence electrons. The maximum absolute atomic E-state index is 12.9. The van der Waals surface area contributed by atoms with Gasteiger partial charge in [0.1, 0.15) is 11.5 Å². The fraction of sp³-hybridized carbons (Fsp3) is 0.0526. The molecular formula is C19H14F3N3O2. The van der Waals surface area contributed by atoms with Gasteiger partial charge < -0.3 is 10.5 Å². The first-order valence-electron chi connectivity index (χ1n) is 7.79. The van der Waals surface area contributed by atoms with Crippen molar-refractivity contribution in [1.29, 1.82) is 0 Å². The third-order valence-corrected chi connectivity index (χ3v) is 3.63. The van der Waals surface area contributed by atoms with E-state index in [0.29, 0.717) is 17.2 Å². The van der Waals surface area contributed by atoms with Crippen molar-refractivity contribution in [3.63, 3.8) is 0 Å². The molecule has 0 fully saturated rings. The van der Waals surface area contributed by atoms with Crippen LogP contribution >= 0.6 is 0 Å². The number of pyridine rings is 1. The Bertz CT molecular complexity index is 929. The van der Waals surface area contributed by atoms with E-state index < -0.39 is 17.8 Å². The summed E-state index contributed by atoms with van der Waals surface area (Å²) in [5, 5.41) is 0. The van der Waals surface area contributed by atoms with E-state index in [1.807, 2.05) is 0 Å². The van der Waals surface area contributed by atoms with Gasteiger partial charge in [0.15, 0.2) is 0 Å². The van der Waals surface area contributed by atoms with Gasteiger partial charge in [0, 0.05) is 12.4 Å². The molecule has 1 heterocycles. The molecule has 3 aromatic rings. The third kappa shape index (κ3) is 4.35. The minimum absolute atomic E-state index is 0.0140. The molecule has 0 bridgehead atoms. The highest BCUT2D eigenvalue weighted by Crippen LogP contribution is 2.34. The van der Waals surface area contributed by atoms with E-state index in [1.165, 1.54) is 24.3 Å². The van der Waals surface area contributed by atoms with E-state index in [4.69, 9.17) is 10.5 Å². The zero-order valence-corrected chi connectivity index (χ0v) is 13.9. The molecule has 5 nitrogen and oxygen atoms in total. The molecule has 0 unspecified atom stereocenters. The van der Waals surface area contributed by atoms with Gasteiger partial charge in [-0.25, -0.2) is 4.79 Å². The zero-order chi connectivity index (χ0) is 19.4. The lowest BCUT2D eigenvalue weighted by Crippen LogP contribution is -2.31. The average Bonchev–Trinajstić information content (AvgIpc) is 2.63. The van der Waals surface area contributed by atoms with Gasteiger partial charge >= 0.3 is 12.2 Å². The van der Waals surface area contributed by atoms with E-state index in [-0.39, 0.29) is 5.69 Å². The first kappa shape index (κ1) is 18.2. The molecule has 1 aromatic heterocycles. The minimum atomic E-state index is -4.53. The van der Waals surface area contributed by atoms with E-state index in [2.05, 4.69) is 4.98 Å². The van der Waals surface area contributed by atoms with Crippen LogP contribution in [0.15, 0.2) is 73.1 Å². The number of hydrogen-bond acceptors (Lipinski definition) is 3. The second-order valence-corrected chi connectivity index (χ2v) is 5.50. The number of carbonyl (C=O) groups is 1. The van der Waals surface area contributed by atoms with Gasteiger partial charge in [-0.3, -0.25) is 9.88 Å². The summed E-state index contributed by atoms with van der Waals surface area (Å²) in [5.74, 6) is 1.06. The van der Waals surface area contributed by atoms with Crippen LogP contribution < -0.4 is 15.4 Å². The van der Waals surface area contributed by atoms with Crippen molar-refractivity contribution in [2.75, 3.05) is 4.90 Å². The number of rotatable bonds is 4. The SMILES string of the molecule is NC(=O)N(c1ccc(Oc2ccncc2)cc1)c1cccc(C(F)(F)F)c1. The molecule has 0 radical (unpaired) electrons. The molecule has 2 N–H and O–H groups in total. The molecule has 27 heavy (non-hydrogen) atoms. The number of anilines is 2. The molecule has 8 heteroatoms. The Hall–Kier alpha value is -3.55. The van der Waals surface area contributed by atoms with Crippen LogP contribution in [0.25, 0.3) is 0 Å². The minimum Gasteiger partial charge on any atom is -0.457 e. The maximum atomic E-state index is 12.9. The number of nitrogens with two attached hydrogens (primary N) is 1. The Kier molecular flexibility index (Phi) is 4.98. The number of ether oxygens (including phenoxy) is 1. The molecule has 0 atom stereocenters. The van der Waals surface area contributed by atoms with Crippen LogP contribution in [-0.4, -0.2) is 11.0 Å². The molecular weight excluding hydrogens is 359 g/mol. The lowest BCUT2D eigenvalue weighted by atomic mass is 10.1. The summed E-state index contributed by atoms with van der Waals surface area (Å²) in [6.45, 7) is 0. The molecule has 0 saturated carbocycles. The lowest BCUT2D eigenvalue weighted by Gasteiger charge is -2.22. The first-order chi connectivity index (χ1) is 12.8. The molecule has 0 spiro atoms. The normalized spacial score (nSPS) is 11.1. The van der Waals surface area contributed by atoms with Crippen molar-refractivity contribution < 1.29 is 22.7 Å². The summed E-state index contributed by atoms with van der Waals surface area (Å²) >= 11 is 0. The monoisotopic (exact) mass is 373 g/mol. The van der Waals surface area contributed by atoms with Crippen LogP contribution in [0.2, 0.25) is 0 Å². The second-order valence-electron chi connectivity index (χ2n) is 5.50. The van der Waals surface area contributed by atoms with Gasteiger partial charge in [-0.2, -0.15) is 13.2 Å². The summed E-state index contributed by atoms with van der Waals surface area (Å²) in [7, 11) is 0. The molecule has 2 amide bonds. The van der Waals surface area contributed by atoms with Crippen molar-refractivity contribution in [2.24, 2.45) is 5.73 Å². The summed E-state index contributed by atoms with van der Waals surface area (Å²) in [6, 6.07) is 13.1. The standard InChI is InChI=1S/C19H14F3N3O2/c20-19(21,22)13-2-1-3-15(12-13)25(18(23)26)14-4-6-16(7-5-14)27-17-8-10-24-11-9-17/h1-12H,(H2,23,26). The third-order valence-electron chi connectivity index (χ3n) is 3.63. The van der Waals surface area contributed by atoms with E-state index in [1.54, 1.807) is 36.7 Å². The van der Waals surface area contributed by atoms with Crippen molar-refractivity contribution >= 4 is 17.4 Å². The number of hydrogen-bond donors (Lipinski definition) is 1. The predicted octanol–water partition coefficient (Wildman–Crippen LogP) is 5.11. The highest BCUT2D eigenvalue weighted by Gasteiger charge is 2.31. The van der Waals surface area contributed by atoms with Crippen LogP contribution in [0, 0.1) is 0 Å². The highest BCUT2D eigenvalue weighted by molar-refractivity contribution is 5.98. The smallest absolute Gasteiger partial charge is 0.416 e. The highest BCUT2D eigenvalue weighted by atomic mass is 19.4. The zero-order valence-electron chi connectivity index (χ0n) is 13.9. The van der Waals surface area contributed by atoms with Crippen molar-refractivity contribution in [2.45, 2.75) is 6.18 Å². The number of halogens is 3. The second kappa shape index (κ2) is 7.36. The summed E-state index contributed by atoms with van der Waals surface area (Å²) < 4.78 is 44.4. The number of carbonyl (C=O) groups excluding carboxylic acids is 1. The number of urea groups is 1. The van der Waals surface area contributed by atoms with Crippen molar-refractivity contribution in [1.82, 2.24) is 4.98 Å². The number of aromatic nitrogens is 1. The fourth-order valence-corrected chi connectivity index (χ4v) is 2.43. The molecule has 0 saturated heterocycles. The van der Waals surface area contributed by atoms with Gasteiger partial charge in [-0.1, -0.05) is 6.07 Å². The lowest BCUT2D eigenvalue weighted by molar-refractivity contribution is -0.137. The largest absolute Gasteiger partial charge is 0.457 e. The van der Waals surface area contributed by atoms with Gasteiger partial charge in [-0.05, 0) is 54.6 Å². The van der Waals surface area contributed by atoms with Crippen molar-refractivity contribution in [3.05, 3.63) is 78.6 Å². The quantitative estimate of drug-likeness (QED) is 0.691. The van der Waals surface area contributed by atoms with Crippen LogP contribution in [0.4, 0.5) is 29.3 Å². The number of nitrogens with zero attached hydrogens (tertiary/aromatic N) is 2. The molecule has 2 aromatic carbocycles. The molecule has 0 aliphatic carbocycles. The molecule has 3 rings (SSSR count). The Morgan fingerprint density at radius 1 is 0.926 bits per heavy atom. The topological polar surface area (TPSA) is 68.5 Å². The van der Waals surface area contributed by atoms with E-state index >= 15 is 0 Å². The van der Waals surface area contributed by atoms with Crippen LogP contribution in [-0.2, 0) is 6.18 Å². The Labute approximate surface area is 152 Å². The summed E-state index contributed by atoms with van der Waals surface area (Å²) in [4.78, 5) is 16.7. The van der Waals surface area contributed by atoms with Gasteiger partial charge in [0.25, 0.3) is 0 Å². The fourth-order valence-electron chi connectivity index (χ4n) is 2.43. The molecule has 0 aliphatic rings. The summed E-state index contributed by atoms with van der Waals surface area (Å²) in [5.41, 5.74) is 4.84. The van der Waals surface area contributed by atoms with Gasteiger partial charge in [-0.15, -0.1) is 0 Å². The van der Waals surface area contributed by atoms with Gasteiger partial charge in [0.2, 0.25) is 0 Å². The Balaban J connectivity index is 1.89. The number of amides is 2. The van der Waals surface area contributed by atoms with Crippen LogP contribution in [0.3, 0.4) is 0 Å². The maximum Gasteiger partial charge on any atom is 0.416 e. The average molecular weight is 373 g/mol.